The number of carbonyl (C=O) groups is 1. The molecule has 0 saturated carbocycles. The third-order valence-electron chi connectivity index (χ3n) is 3.93. The van der Waals surface area contributed by atoms with Crippen LogP contribution in [0.15, 0.2) is 48.5 Å². The second-order valence-corrected chi connectivity index (χ2v) is 6.45. The minimum Gasteiger partial charge on any atom is -0.323 e. The summed E-state index contributed by atoms with van der Waals surface area (Å²) in [5.41, 5.74) is 4.45. The number of rotatable bonds is 4. The van der Waals surface area contributed by atoms with E-state index in [0.29, 0.717) is 22.4 Å². The molecule has 0 aliphatic rings. The Labute approximate surface area is 157 Å². The molecule has 132 valence electrons. The van der Waals surface area contributed by atoms with Crippen LogP contribution in [-0.4, -0.2) is 15.9 Å². The van der Waals surface area contributed by atoms with Crippen LogP contribution in [0.2, 0.25) is 5.02 Å². The molecule has 0 aliphatic heterocycles. The van der Waals surface area contributed by atoms with Crippen LogP contribution in [0, 0.1) is 20.8 Å². The molecule has 0 bridgehead atoms. The Hall–Kier alpha value is -2.92. The number of aryl methyl sites for hydroxylation is 3. The lowest BCUT2D eigenvalue weighted by molar-refractivity contribution is 0.102. The Bertz CT molecular complexity index is 952. The van der Waals surface area contributed by atoms with Crippen molar-refractivity contribution in [2.45, 2.75) is 20.8 Å². The molecule has 1 heterocycles. The van der Waals surface area contributed by atoms with Gasteiger partial charge in [-0.2, -0.15) is 0 Å². The largest absolute Gasteiger partial charge is 0.323 e. The van der Waals surface area contributed by atoms with Crippen molar-refractivity contribution in [3.05, 3.63) is 76.1 Å². The SMILES string of the molecule is Cc1cc(C(=O)Nc2c(C)cccc2C)nc(Nc2ccccc2Cl)n1. The number of amides is 1. The van der Waals surface area contributed by atoms with Crippen molar-refractivity contribution in [2.24, 2.45) is 0 Å². The summed E-state index contributed by atoms with van der Waals surface area (Å²) in [6, 6.07) is 14.8. The molecule has 1 aromatic heterocycles. The third kappa shape index (κ3) is 4.00. The van der Waals surface area contributed by atoms with Crippen molar-refractivity contribution in [3.63, 3.8) is 0 Å². The summed E-state index contributed by atoms with van der Waals surface area (Å²) in [5.74, 6) is 0.0415. The van der Waals surface area contributed by atoms with Gasteiger partial charge in [0, 0.05) is 11.4 Å². The van der Waals surface area contributed by atoms with Gasteiger partial charge < -0.3 is 10.6 Å². The molecule has 2 N–H and O–H groups in total. The quantitative estimate of drug-likeness (QED) is 0.678. The zero-order valence-electron chi connectivity index (χ0n) is 14.8. The van der Waals surface area contributed by atoms with Crippen LogP contribution >= 0.6 is 11.6 Å². The monoisotopic (exact) mass is 366 g/mol. The van der Waals surface area contributed by atoms with Crippen LogP contribution in [-0.2, 0) is 0 Å². The second kappa shape index (κ2) is 7.54. The Balaban J connectivity index is 1.87. The molecule has 0 atom stereocenters. The fourth-order valence-corrected chi connectivity index (χ4v) is 2.80. The van der Waals surface area contributed by atoms with E-state index in [0.717, 1.165) is 16.8 Å². The smallest absolute Gasteiger partial charge is 0.274 e. The molecule has 3 rings (SSSR count). The van der Waals surface area contributed by atoms with Crippen molar-refractivity contribution in [3.8, 4) is 0 Å². The summed E-state index contributed by atoms with van der Waals surface area (Å²) >= 11 is 6.16. The summed E-state index contributed by atoms with van der Waals surface area (Å²) in [4.78, 5) is 21.4. The molecule has 6 heteroatoms. The maximum atomic E-state index is 12.7. The zero-order valence-corrected chi connectivity index (χ0v) is 15.6. The molecule has 0 fully saturated rings. The van der Waals surface area contributed by atoms with Crippen LogP contribution in [0.1, 0.15) is 27.3 Å². The number of anilines is 3. The maximum Gasteiger partial charge on any atom is 0.274 e. The molecular formula is C20H19ClN4O. The number of hydrogen-bond donors (Lipinski definition) is 2. The second-order valence-electron chi connectivity index (χ2n) is 6.04. The first-order valence-corrected chi connectivity index (χ1v) is 8.56. The number of carbonyl (C=O) groups excluding carboxylic acids is 1. The highest BCUT2D eigenvalue weighted by molar-refractivity contribution is 6.33. The lowest BCUT2D eigenvalue weighted by atomic mass is 10.1. The van der Waals surface area contributed by atoms with E-state index in [1.54, 1.807) is 12.1 Å². The van der Waals surface area contributed by atoms with Crippen molar-refractivity contribution >= 4 is 34.8 Å². The molecule has 0 radical (unpaired) electrons. The van der Waals surface area contributed by atoms with Gasteiger partial charge in [0.15, 0.2) is 0 Å². The number of halogens is 1. The molecule has 0 saturated heterocycles. The van der Waals surface area contributed by atoms with Crippen molar-refractivity contribution < 1.29 is 4.79 Å². The highest BCUT2D eigenvalue weighted by Gasteiger charge is 2.14. The summed E-state index contributed by atoms with van der Waals surface area (Å²) in [6.07, 6.45) is 0. The number of nitrogens with zero attached hydrogens (tertiary/aromatic N) is 2. The molecule has 0 unspecified atom stereocenters. The van der Waals surface area contributed by atoms with Gasteiger partial charge in [0.25, 0.3) is 5.91 Å². The van der Waals surface area contributed by atoms with E-state index in [2.05, 4.69) is 20.6 Å². The van der Waals surface area contributed by atoms with Gasteiger partial charge >= 0.3 is 0 Å². The highest BCUT2D eigenvalue weighted by atomic mass is 35.5. The van der Waals surface area contributed by atoms with Crippen molar-refractivity contribution in [2.75, 3.05) is 10.6 Å². The van der Waals surface area contributed by atoms with Crippen molar-refractivity contribution in [1.29, 1.82) is 0 Å². The third-order valence-corrected chi connectivity index (χ3v) is 4.26. The van der Waals surface area contributed by atoms with E-state index in [1.807, 2.05) is 57.2 Å². The standard InChI is InChI=1S/C20H19ClN4O/c1-12-7-6-8-13(2)18(12)25-19(26)17-11-14(3)22-20(24-17)23-16-10-5-4-9-15(16)21/h4-11H,1-3H3,(H,25,26)(H,22,23,24). The summed E-state index contributed by atoms with van der Waals surface area (Å²) in [6.45, 7) is 5.73. The summed E-state index contributed by atoms with van der Waals surface area (Å²) < 4.78 is 0. The van der Waals surface area contributed by atoms with Gasteiger partial charge in [-0.05, 0) is 50.1 Å². The lowest BCUT2D eigenvalue weighted by Gasteiger charge is -2.12. The zero-order chi connectivity index (χ0) is 18.7. The fraction of sp³-hybridized carbons (Fsp3) is 0.150. The van der Waals surface area contributed by atoms with Gasteiger partial charge in [-0.3, -0.25) is 4.79 Å². The van der Waals surface area contributed by atoms with Gasteiger partial charge in [0.2, 0.25) is 5.95 Å². The average Bonchev–Trinajstić information content (AvgIpc) is 2.59. The van der Waals surface area contributed by atoms with Gasteiger partial charge in [-0.25, -0.2) is 9.97 Å². The van der Waals surface area contributed by atoms with Gasteiger partial charge in [0.05, 0.1) is 10.7 Å². The molecule has 0 aliphatic carbocycles. The van der Waals surface area contributed by atoms with Crippen LogP contribution in [0.25, 0.3) is 0 Å². The molecule has 26 heavy (non-hydrogen) atoms. The number of aromatic nitrogens is 2. The molecule has 2 aromatic carbocycles. The van der Waals surface area contributed by atoms with Crippen LogP contribution < -0.4 is 10.6 Å². The predicted molar refractivity (Wildman–Crippen MR) is 105 cm³/mol. The molecule has 0 spiro atoms. The predicted octanol–water partition coefficient (Wildman–Crippen LogP) is 5.05. The maximum absolute atomic E-state index is 12.7. The van der Waals surface area contributed by atoms with Gasteiger partial charge in [-0.1, -0.05) is 41.9 Å². The lowest BCUT2D eigenvalue weighted by Crippen LogP contribution is -2.17. The van der Waals surface area contributed by atoms with E-state index in [-0.39, 0.29) is 11.6 Å². The Morgan fingerprint density at radius 1 is 0.962 bits per heavy atom. The van der Waals surface area contributed by atoms with Crippen LogP contribution in [0.3, 0.4) is 0 Å². The molecule has 3 aromatic rings. The van der Waals surface area contributed by atoms with Crippen LogP contribution in [0.4, 0.5) is 17.3 Å². The molecule has 1 amide bonds. The van der Waals surface area contributed by atoms with E-state index < -0.39 is 0 Å². The number of hydrogen-bond acceptors (Lipinski definition) is 4. The molecular weight excluding hydrogens is 348 g/mol. The van der Waals surface area contributed by atoms with E-state index in [4.69, 9.17) is 11.6 Å². The Morgan fingerprint density at radius 2 is 1.65 bits per heavy atom. The van der Waals surface area contributed by atoms with Gasteiger partial charge in [0.1, 0.15) is 5.69 Å². The first kappa shape index (κ1) is 17.9. The van der Waals surface area contributed by atoms with Crippen molar-refractivity contribution in [1.82, 2.24) is 9.97 Å². The Kier molecular flexibility index (Phi) is 5.19. The number of para-hydroxylation sites is 2. The average molecular weight is 367 g/mol. The van der Waals surface area contributed by atoms with E-state index in [1.165, 1.54) is 0 Å². The first-order chi connectivity index (χ1) is 12.4. The topological polar surface area (TPSA) is 66.9 Å². The van der Waals surface area contributed by atoms with E-state index >= 15 is 0 Å². The number of nitrogens with one attached hydrogen (secondary N) is 2. The van der Waals surface area contributed by atoms with Crippen LogP contribution in [0.5, 0.6) is 0 Å². The molecule has 5 nitrogen and oxygen atoms in total. The van der Waals surface area contributed by atoms with E-state index in [9.17, 15) is 4.79 Å². The first-order valence-electron chi connectivity index (χ1n) is 8.19. The normalized spacial score (nSPS) is 10.5. The summed E-state index contributed by atoms with van der Waals surface area (Å²) in [5, 5.41) is 6.56. The number of benzene rings is 2. The minimum absolute atomic E-state index is 0.282. The minimum atomic E-state index is -0.282. The summed E-state index contributed by atoms with van der Waals surface area (Å²) in [7, 11) is 0. The Morgan fingerprint density at radius 3 is 2.35 bits per heavy atom. The van der Waals surface area contributed by atoms with Gasteiger partial charge in [-0.15, -0.1) is 0 Å². The fourth-order valence-electron chi connectivity index (χ4n) is 2.61. The highest BCUT2D eigenvalue weighted by Crippen LogP contribution is 2.24.